The minimum Gasteiger partial charge on any atom is -0.508 e. The summed E-state index contributed by atoms with van der Waals surface area (Å²) in [5, 5.41) is 18.9. The monoisotopic (exact) mass is 234 g/mol. The second kappa shape index (κ2) is 4.59. The normalized spacial score (nSPS) is 10.9. The second-order valence-electron chi connectivity index (χ2n) is 4.00. The first-order valence-electron chi connectivity index (χ1n) is 5.49. The van der Waals surface area contributed by atoms with Gasteiger partial charge in [0.05, 0.1) is 0 Å². The van der Waals surface area contributed by atoms with Crippen molar-refractivity contribution in [3.63, 3.8) is 0 Å². The molecule has 0 fully saturated rings. The van der Waals surface area contributed by atoms with E-state index in [1.165, 1.54) is 6.07 Å². The molecule has 17 heavy (non-hydrogen) atoms. The van der Waals surface area contributed by atoms with Crippen LogP contribution in [0.25, 0.3) is 11.0 Å². The van der Waals surface area contributed by atoms with Gasteiger partial charge in [-0.15, -0.1) is 0 Å². The van der Waals surface area contributed by atoms with E-state index in [-0.39, 0.29) is 12.4 Å². The fourth-order valence-corrected chi connectivity index (χ4v) is 1.93. The second-order valence-corrected chi connectivity index (χ2v) is 4.00. The fourth-order valence-electron chi connectivity index (χ4n) is 1.93. The number of hydrogen-bond donors (Lipinski definition) is 2. The fraction of sp³-hybridized carbons (Fsp3) is 0.308. The summed E-state index contributed by atoms with van der Waals surface area (Å²) in [7, 11) is 0. The zero-order valence-electron chi connectivity index (χ0n) is 9.56. The number of phenolic OH excluding ortho intramolecular Hbond substituents is 1. The highest BCUT2D eigenvalue weighted by molar-refractivity contribution is 5.82. The molecule has 0 aliphatic carbocycles. The molecule has 0 atom stereocenters. The van der Waals surface area contributed by atoms with Crippen LogP contribution in [0.4, 0.5) is 0 Å². The number of benzene rings is 1. The Morgan fingerprint density at radius 3 is 2.82 bits per heavy atom. The van der Waals surface area contributed by atoms with Crippen LogP contribution in [0.5, 0.6) is 5.75 Å². The number of phenols is 1. The third-order valence-corrected chi connectivity index (χ3v) is 2.86. The average Bonchev–Trinajstić information content (AvgIpc) is 2.28. The van der Waals surface area contributed by atoms with Gasteiger partial charge in [-0.1, -0.05) is 0 Å². The predicted molar refractivity (Wildman–Crippen MR) is 64.3 cm³/mol. The molecule has 2 N–H and O–H groups in total. The molecule has 0 aliphatic rings. The number of hydrogen-bond acceptors (Lipinski definition) is 4. The summed E-state index contributed by atoms with van der Waals surface area (Å²) in [5.74, 6) is 0.0724. The Kier molecular flexibility index (Phi) is 3.15. The Hall–Kier alpha value is -1.81. The molecule has 1 aromatic heterocycles. The van der Waals surface area contributed by atoms with E-state index in [0.29, 0.717) is 24.0 Å². The third-order valence-electron chi connectivity index (χ3n) is 2.86. The number of fused-ring (bicyclic) bond motifs is 1. The van der Waals surface area contributed by atoms with Crippen LogP contribution in [0.3, 0.4) is 0 Å². The van der Waals surface area contributed by atoms with E-state index in [4.69, 9.17) is 9.52 Å². The number of aromatic hydroxyl groups is 1. The van der Waals surface area contributed by atoms with Gasteiger partial charge in [0, 0.05) is 23.6 Å². The molecule has 0 radical (unpaired) electrons. The van der Waals surface area contributed by atoms with Gasteiger partial charge in [-0.25, -0.2) is 4.79 Å². The zero-order valence-corrected chi connectivity index (χ0v) is 9.56. The highest BCUT2D eigenvalue weighted by Crippen LogP contribution is 2.23. The van der Waals surface area contributed by atoms with E-state index in [1.54, 1.807) is 12.1 Å². The van der Waals surface area contributed by atoms with E-state index < -0.39 is 5.63 Å². The lowest BCUT2D eigenvalue weighted by molar-refractivity contribution is 0.288. The molecular weight excluding hydrogens is 220 g/mol. The molecule has 0 saturated heterocycles. The molecular formula is C13H14O4. The summed E-state index contributed by atoms with van der Waals surface area (Å²) in [6, 6.07) is 4.72. The summed E-state index contributed by atoms with van der Waals surface area (Å²) in [4.78, 5) is 11.7. The number of aliphatic hydroxyl groups excluding tert-OH is 1. The van der Waals surface area contributed by atoms with Crippen LogP contribution in [0.1, 0.15) is 17.5 Å². The summed E-state index contributed by atoms with van der Waals surface area (Å²) in [5.41, 5.74) is 1.44. The maximum absolute atomic E-state index is 11.7. The van der Waals surface area contributed by atoms with Gasteiger partial charge in [-0.3, -0.25) is 0 Å². The molecule has 0 amide bonds. The molecule has 1 heterocycles. The summed E-state index contributed by atoms with van der Waals surface area (Å²) in [6.07, 6.45) is 1.04. The number of aryl methyl sites for hydroxylation is 1. The van der Waals surface area contributed by atoms with Crippen LogP contribution in [0.2, 0.25) is 0 Å². The zero-order chi connectivity index (χ0) is 12.4. The lowest BCUT2D eigenvalue weighted by Crippen LogP contribution is -2.10. The molecule has 0 bridgehead atoms. The Morgan fingerprint density at radius 1 is 1.35 bits per heavy atom. The highest BCUT2D eigenvalue weighted by Gasteiger charge is 2.11. The summed E-state index contributed by atoms with van der Waals surface area (Å²) >= 11 is 0. The Bertz CT molecular complexity index is 598. The Labute approximate surface area is 98.1 Å². The van der Waals surface area contributed by atoms with Crippen molar-refractivity contribution in [3.8, 4) is 5.75 Å². The van der Waals surface area contributed by atoms with E-state index in [0.717, 1.165) is 10.9 Å². The van der Waals surface area contributed by atoms with Crippen molar-refractivity contribution in [2.75, 3.05) is 6.61 Å². The van der Waals surface area contributed by atoms with Crippen LogP contribution in [0.15, 0.2) is 27.4 Å². The topological polar surface area (TPSA) is 70.7 Å². The van der Waals surface area contributed by atoms with Gasteiger partial charge >= 0.3 is 5.63 Å². The minimum absolute atomic E-state index is 0.0481. The highest BCUT2D eigenvalue weighted by atomic mass is 16.4. The first-order chi connectivity index (χ1) is 8.13. The first-order valence-corrected chi connectivity index (χ1v) is 5.49. The van der Waals surface area contributed by atoms with Gasteiger partial charge in [0.25, 0.3) is 0 Å². The maximum atomic E-state index is 11.7. The van der Waals surface area contributed by atoms with Gasteiger partial charge in [-0.2, -0.15) is 0 Å². The van der Waals surface area contributed by atoms with Crippen molar-refractivity contribution >= 4 is 11.0 Å². The molecule has 2 rings (SSSR count). The smallest absolute Gasteiger partial charge is 0.339 e. The molecule has 0 saturated carbocycles. The molecule has 4 nitrogen and oxygen atoms in total. The standard InChI is InChI=1S/C13H14O4/c1-8-10-5-4-9(15)7-12(10)17-13(16)11(8)3-2-6-14/h4-5,7,14-15H,2-3,6H2,1H3. The van der Waals surface area contributed by atoms with Gasteiger partial charge in [0.15, 0.2) is 0 Å². The van der Waals surface area contributed by atoms with Crippen LogP contribution in [-0.2, 0) is 6.42 Å². The minimum atomic E-state index is -0.394. The van der Waals surface area contributed by atoms with E-state index in [2.05, 4.69) is 0 Å². The van der Waals surface area contributed by atoms with Crippen molar-refractivity contribution in [3.05, 3.63) is 39.7 Å². The predicted octanol–water partition coefficient (Wildman–Crippen LogP) is 1.73. The van der Waals surface area contributed by atoms with E-state index in [1.807, 2.05) is 6.92 Å². The maximum Gasteiger partial charge on any atom is 0.339 e. The lowest BCUT2D eigenvalue weighted by Gasteiger charge is -2.07. The third kappa shape index (κ3) is 2.17. The van der Waals surface area contributed by atoms with Crippen LogP contribution < -0.4 is 5.63 Å². The van der Waals surface area contributed by atoms with Crippen molar-refractivity contribution in [2.24, 2.45) is 0 Å². The van der Waals surface area contributed by atoms with Gasteiger partial charge in [0.1, 0.15) is 11.3 Å². The van der Waals surface area contributed by atoms with Crippen molar-refractivity contribution in [1.82, 2.24) is 0 Å². The molecule has 0 spiro atoms. The lowest BCUT2D eigenvalue weighted by atomic mass is 10.0. The largest absolute Gasteiger partial charge is 0.508 e. The van der Waals surface area contributed by atoms with Gasteiger partial charge in [-0.05, 0) is 37.5 Å². The van der Waals surface area contributed by atoms with E-state index >= 15 is 0 Å². The van der Waals surface area contributed by atoms with E-state index in [9.17, 15) is 9.90 Å². The summed E-state index contributed by atoms with van der Waals surface area (Å²) in [6.45, 7) is 1.90. The quantitative estimate of drug-likeness (QED) is 0.793. The number of rotatable bonds is 3. The van der Waals surface area contributed by atoms with Crippen LogP contribution in [0, 0.1) is 6.92 Å². The molecule has 1 aromatic carbocycles. The molecule has 0 unspecified atom stereocenters. The van der Waals surface area contributed by atoms with Crippen molar-refractivity contribution < 1.29 is 14.6 Å². The molecule has 90 valence electrons. The first kappa shape index (κ1) is 11.7. The molecule has 0 aliphatic heterocycles. The van der Waals surface area contributed by atoms with Gasteiger partial charge < -0.3 is 14.6 Å². The molecule has 2 aromatic rings. The van der Waals surface area contributed by atoms with Crippen molar-refractivity contribution in [2.45, 2.75) is 19.8 Å². The Morgan fingerprint density at radius 2 is 2.12 bits per heavy atom. The molecule has 4 heteroatoms. The SMILES string of the molecule is Cc1c(CCCO)c(=O)oc2cc(O)ccc12. The van der Waals surface area contributed by atoms with Gasteiger partial charge in [0.2, 0.25) is 0 Å². The van der Waals surface area contributed by atoms with Crippen LogP contribution in [-0.4, -0.2) is 16.8 Å². The number of aliphatic hydroxyl groups is 1. The van der Waals surface area contributed by atoms with Crippen LogP contribution >= 0.6 is 0 Å². The summed E-state index contributed by atoms with van der Waals surface area (Å²) < 4.78 is 5.15. The Balaban J connectivity index is 2.63. The average molecular weight is 234 g/mol. The van der Waals surface area contributed by atoms with Crippen molar-refractivity contribution in [1.29, 1.82) is 0 Å².